The quantitative estimate of drug-likeness (QED) is 0.933. The third kappa shape index (κ3) is 3.03. The van der Waals surface area contributed by atoms with Crippen LogP contribution in [0.1, 0.15) is 16.7 Å². The average molecular weight is 282 g/mol. The monoisotopic (exact) mass is 282 g/mol. The summed E-state index contributed by atoms with van der Waals surface area (Å²) in [5.74, 6) is 1.04. The molecule has 3 nitrogen and oxygen atoms in total. The van der Waals surface area contributed by atoms with Crippen molar-refractivity contribution in [2.75, 3.05) is 25.5 Å². The highest BCUT2D eigenvalue weighted by Gasteiger charge is 2.18. The fourth-order valence-corrected chi connectivity index (χ4v) is 2.78. The lowest BCUT2D eigenvalue weighted by Gasteiger charge is -2.25. The first-order chi connectivity index (χ1) is 10.3. The molecule has 0 atom stereocenters. The van der Waals surface area contributed by atoms with Crippen molar-refractivity contribution in [2.45, 2.75) is 19.6 Å². The van der Waals surface area contributed by atoms with Crippen LogP contribution in [-0.2, 0) is 19.6 Å². The molecule has 0 bridgehead atoms. The van der Waals surface area contributed by atoms with E-state index in [0.717, 1.165) is 30.9 Å². The van der Waals surface area contributed by atoms with Gasteiger partial charge in [-0.1, -0.05) is 36.4 Å². The molecule has 0 unspecified atom stereocenters. The van der Waals surface area contributed by atoms with Crippen LogP contribution in [0.25, 0.3) is 0 Å². The molecule has 1 heterocycles. The van der Waals surface area contributed by atoms with Crippen molar-refractivity contribution in [2.24, 2.45) is 0 Å². The van der Waals surface area contributed by atoms with Crippen molar-refractivity contribution in [3.05, 3.63) is 59.2 Å². The van der Waals surface area contributed by atoms with Crippen LogP contribution in [-0.4, -0.2) is 20.6 Å². The largest absolute Gasteiger partial charge is 0.486 e. The molecule has 2 aromatic rings. The number of hydrogen-bond donors (Lipinski definition) is 1. The van der Waals surface area contributed by atoms with Crippen LogP contribution in [0.5, 0.6) is 5.75 Å². The van der Waals surface area contributed by atoms with Crippen LogP contribution >= 0.6 is 0 Å². The number of hydrogen-bond acceptors (Lipinski definition) is 3. The maximum Gasteiger partial charge on any atom is 0.146 e. The fourth-order valence-electron chi connectivity index (χ4n) is 2.78. The molecule has 0 saturated heterocycles. The number of anilines is 1. The second-order valence-corrected chi connectivity index (χ2v) is 5.65. The van der Waals surface area contributed by atoms with Gasteiger partial charge in [-0.05, 0) is 30.2 Å². The van der Waals surface area contributed by atoms with Gasteiger partial charge < -0.3 is 15.0 Å². The Hall–Kier alpha value is -2.00. The minimum atomic E-state index is 0.617. The number of rotatable bonds is 4. The third-order valence-electron chi connectivity index (χ3n) is 3.91. The molecule has 0 spiro atoms. The zero-order chi connectivity index (χ0) is 14.7. The van der Waals surface area contributed by atoms with E-state index in [-0.39, 0.29) is 0 Å². The Labute approximate surface area is 126 Å². The van der Waals surface area contributed by atoms with Crippen LogP contribution in [0, 0.1) is 0 Å². The number of nitrogens with zero attached hydrogens (tertiary/aromatic N) is 1. The van der Waals surface area contributed by atoms with Crippen LogP contribution < -0.4 is 15.0 Å². The Morgan fingerprint density at radius 1 is 1.10 bits per heavy atom. The molecule has 3 rings (SSSR count). The second-order valence-electron chi connectivity index (χ2n) is 5.65. The molecule has 0 amide bonds. The van der Waals surface area contributed by atoms with Gasteiger partial charge in [-0.3, -0.25) is 0 Å². The lowest BCUT2D eigenvalue weighted by Crippen LogP contribution is -2.25. The maximum atomic E-state index is 6.21. The molecular formula is C18H22N2O. The highest BCUT2D eigenvalue weighted by atomic mass is 16.5. The highest BCUT2D eigenvalue weighted by Crippen LogP contribution is 2.35. The van der Waals surface area contributed by atoms with Gasteiger partial charge in [0.2, 0.25) is 0 Å². The molecular weight excluding hydrogens is 260 g/mol. The number of nitrogens with one attached hydrogen (secondary N) is 1. The highest BCUT2D eigenvalue weighted by molar-refractivity contribution is 5.64. The molecule has 0 saturated carbocycles. The summed E-state index contributed by atoms with van der Waals surface area (Å²) in [5.41, 5.74) is 5.08. The van der Waals surface area contributed by atoms with Crippen LogP contribution in [0.2, 0.25) is 0 Å². The summed E-state index contributed by atoms with van der Waals surface area (Å²) in [7, 11) is 4.14. The molecule has 3 heteroatoms. The van der Waals surface area contributed by atoms with Crippen molar-refractivity contribution < 1.29 is 4.74 Å². The molecule has 0 aliphatic carbocycles. The topological polar surface area (TPSA) is 24.5 Å². The lowest BCUT2D eigenvalue weighted by atomic mass is 9.98. The van der Waals surface area contributed by atoms with E-state index >= 15 is 0 Å². The third-order valence-corrected chi connectivity index (χ3v) is 3.91. The molecule has 2 aromatic carbocycles. The van der Waals surface area contributed by atoms with Crippen molar-refractivity contribution in [3.63, 3.8) is 0 Å². The normalized spacial score (nSPS) is 13.6. The molecule has 0 radical (unpaired) electrons. The molecule has 21 heavy (non-hydrogen) atoms. The first-order valence-corrected chi connectivity index (χ1v) is 7.45. The summed E-state index contributed by atoms with van der Waals surface area (Å²) in [6, 6.07) is 14.7. The standard InChI is InChI=1S/C18H22N2O/c1-20(2)17-9-8-15-12-19-11-10-16(15)18(17)21-13-14-6-4-3-5-7-14/h3-9,19H,10-13H2,1-2H3. The summed E-state index contributed by atoms with van der Waals surface area (Å²) in [6.45, 7) is 2.57. The summed E-state index contributed by atoms with van der Waals surface area (Å²) in [5, 5.41) is 3.42. The minimum absolute atomic E-state index is 0.617. The predicted octanol–water partition coefficient (Wildman–Crippen LogP) is 2.98. The summed E-state index contributed by atoms with van der Waals surface area (Å²) >= 11 is 0. The lowest BCUT2D eigenvalue weighted by molar-refractivity contribution is 0.302. The van der Waals surface area contributed by atoms with E-state index in [1.54, 1.807) is 0 Å². The number of ether oxygens (including phenoxy) is 1. The maximum absolute atomic E-state index is 6.21. The SMILES string of the molecule is CN(C)c1ccc2c(c1OCc1ccccc1)CCNC2. The van der Waals surface area contributed by atoms with E-state index in [2.05, 4.69) is 60.7 Å². The Bertz CT molecular complexity index is 608. The minimum Gasteiger partial charge on any atom is -0.486 e. The van der Waals surface area contributed by atoms with Gasteiger partial charge in [-0.2, -0.15) is 0 Å². The van der Waals surface area contributed by atoms with Gasteiger partial charge in [0.15, 0.2) is 0 Å². The molecule has 0 fully saturated rings. The Balaban J connectivity index is 1.91. The molecule has 1 aliphatic heterocycles. The molecule has 1 N–H and O–H groups in total. The van der Waals surface area contributed by atoms with Crippen molar-refractivity contribution in [1.29, 1.82) is 0 Å². The van der Waals surface area contributed by atoms with E-state index in [0.29, 0.717) is 6.61 Å². The summed E-state index contributed by atoms with van der Waals surface area (Å²) < 4.78 is 6.21. The van der Waals surface area contributed by atoms with Crippen molar-refractivity contribution >= 4 is 5.69 Å². The summed E-state index contributed by atoms with van der Waals surface area (Å²) in [6.07, 6.45) is 1.03. The Kier molecular flexibility index (Phi) is 4.11. The van der Waals surface area contributed by atoms with Gasteiger partial charge >= 0.3 is 0 Å². The van der Waals surface area contributed by atoms with Crippen molar-refractivity contribution in [3.8, 4) is 5.75 Å². The molecule has 0 aromatic heterocycles. The fraction of sp³-hybridized carbons (Fsp3) is 0.333. The van der Waals surface area contributed by atoms with Crippen molar-refractivity contribution in [1.82, 2.24) is 5.32 Å². The van der Waals surface area contributed by atoms with Crippen LogP contribution in [0.15, 0.2) is 42.5 Å². The number of benzene rings is 2. The van der Waals surface area contributed by atoms with E-state index in [9.17, 15) is 0 Å². The van der Waals surface area contributed by atoms with Gasteiger partial charge in [0.25, 0.3) is 0 Å². The second kappa shape index (κ2) is 6.19. The summed E-state index contributed by atoms with van der Waals surface area (Å²) in [4.78, 5) is 2.13. The van der Waals surface area contributed by atoms with E-state index in [4.69, 9.17) is 4.74 Å². The zero-order valence-electron chi connectivity index (χ0n) is 12.7. The zero-order valence-corrected chi connectivity index (χ0v) is 12.7. The number of fused-ring (bicyclic) bond motifs is 1. The first kappa shape index (κ1) is 14.0. The van der Waals surface area contributed by atoms with Gasteiger partial charge in [0.05, 0.1) is 5.69 Å². The van der Waals surface area contributed by atoms with Gasteiger partial charge in [0, 0.05) is 26.2 Å². The Morgan fingerprint density at radius 3 is 2.67 bits per heavy atom. The van der Waals surface area contributed by atoms with Crippen LogP contribution in [0.3, 0.4) is 0 Å². The first-order valence-electron chi connectivity index (χ1n) is 7.45. The smallest absolute Gasteiger partial charge is 0.146 e. The van der Waals surface area contributed by atoms with Gasteiger partial charge in [0.1, 0.15) is 12.4 Å². The predicted molar refractivity (Wildman–Crippen MR) is 87.0 cm³/mol. The van der Waals surface area contributed by atoms with E-state index < -0.39 is 0 Å². The van der Waals surface area contributed by atoms with Crippen LogP contribution in [0.4, 0.5) is 5.69 Å². The van der Waals surface area contributed by atoms with Gasteiger partial charge in [-0.15, -0.1) is 0 Å². The van der Waals surface area contributed by atoms with Gasteiger partial charge in [-0.25, -0.2) is 0 Å². The molecule has 110 valence electrons. The van der Waals surface area contributed by atoms with E-state index in [1.807, 2.05) is 6.07 Å². The van der Waals surface area contributed by atoms with E-state index in [1.165, 1.54) is 16.7 Å². The Morgan fingerprint density at radius 2 is 1.90 bits per heavy atom. The molecule has 1 aliphatic rings. The average Bonchev–Trinajstić information content (AvgIpc) is 2.53.